The minimum atomic E-state index is -0.0503. The highest BCUT2D eigenvalue weighted by Crippen LogP contribution is 2.08. The summed E-state index contributed by atoms with van der Waals surface area (Å²) in [6.45, 7) is 10.9. The van der Waals surface area contributed by atoms with E-state index in [0.29, 0.717) is 30.6 Å². The van der Waals surface area contributed by atoms with Gasteiger partial charge in [-0.3, -0.25) is 9.48 Å². The lowest BCUT2D eigenvalue weighted by molar-refractivity contribution is 0.0709. The van der Waals surface area contributed by atoms with Gasteiger partial charge in [0.1, 0.15) is 0 Å². The van der Waals surface area contributed by atoms with Crippen molar-refractivity contribution in [3.05, 3.63) is 11.9 Å². The third kappa shape index (κ3) is 4.98. The molecule has 0 saturated heterocycles. The summed E-state index contributed by atoms with van der Waals surface area (Å²) in [7, 11) is 0. The standard InChI is InChI=1S/C13H25N5O/c1-10(2)7-17(8-11(3)4)13(19)12-9-18(6-5-14)16-15-12/h9-11H,5-8,14H2,1-4H3. The normalized spacial score (nSPS) is 11.3. The van der Waals surface area contributed by atoms with Crippen LogP contribution in [0.15, 0.2) is 6.20 Å². The maximum Gasteiger partial charge on any atom is 0.276 e. The molecule has 0 aliphatic heterocycles. The molecule has 0 bridgehead atoms. The average Bonchev–Trinajstić information content (AvgIpc) is 2.75. The molecule has 0 aliphatic carbocycles. The smallest absolute Gasteiger partial charge is 0.276 e. The predicted octanol–water partition coefficient (Wildman–Crippen LogP) is 0.991. The molecule has 1 aromatic rings. The van der Waals surface area contributed by atoms with Crippen molar-refractivity contribution in [3.63, 3.8) is 0 Å². The van der Waals surface area contributed by atoms with Gasteiger partial charge in [0.05, 0.1) is 12.7 Å². The Hall–Kier alpha value is -1.43. The van der Waals surface area contributed by atoms with Gasteiger partial charge in [-0.1, -0.05) is 32.9 Å². The van der Waals surface area contributed by atoms with Gasteiger partial charge in [-0.05, 0) is 11.8 Å². The third-order valence-electron chi connectivity index (χ3n) is 2.57. The lowest BCUT2D eigenvalue weighted by Crippen LogP contribution is -2.37. The van der Waals surface area contributed by atoms with Crippen LogP contribution in [0.2, 0.25) is 0 Å². The molecular formula is C13H25N5O. The molecule has 0 saturated carbocycles. The summed E-state index contributed by atoms with van der Waals surface area (Å²) in [6, 6.07) is 0. The zero-order valence-corrected chi connectivity index (χ0v) is 12.3. The van der Waals surface area contributed by atoms with Crippen molar-refractivity contribution in [1.82, 2.24) is 19.9 Å². The first-order chi connectivity index (χ1) is 8.93. The molecule has 0 fully saturated rings. The molecule has 0 radical (unpaired) electrons. The van der Waals surface area contributed by atoms with Crippen molar-refractivity contribution in [2.45, 2.75) is 34.2 Å². The van der Waals surface area contributed by atoms with E-state index in [1.807, 2.05) is 4.90 Å². The second-order valence-corrected chi connectivity index (χ2v) is 5.65. The van der Waals surface area contributed by atoms with Gasteiger partial charge in [-0.25, -0.2) is 0 Å². The Morgan fingerprint density at radius 1 is 1.32 bits per heavy atom. The predicted molar refractivity (Wildman–Crippen MR) is 74.7 cm³/mol. The second-order valence-electron chi connectivity index (χ2n) is 5.65. The number of nitrogens with zero attached hydrogens (tertiary/aromatic N) is 4. The molecule has 19 heavy (non-hydrogen) atoms. The van der Waals surface area contributed by atoms with Crippen LogP contribution in [-0.2, 0) is 6.54 Å². The van der Waals surface area contributed by atoms with E-state index in [4.69, 9.17) is 5.73 Å². The zero-order chi connectivity index (χ0) is 14.4. The molecule has 0 spiro atoms. The molecule has 6 nitrogen and oxygen atoms in total. The fourth-order valence-corrected chi connectivity index (χ4v) is 1.92. The number of carbonyl (C=O) groups excluding carboxylic acids is 1. The summed E-state index contributed by atoms with van der Waals surface area (Å²) in [6.07, 6.45) is 1.67. The van der Waals surface area contributed by atoms with Gasteiger partial charge in [0.25, 0.3) is 5.91 Å². The molecule has 0 unspecified atom stereocenters. The molecule has 0 aromatic carbocycles. The summed E-state index contributed by atoms with van der Waals surface area (Å²) in [5.41, 5.74) is 5.85. The van der Waals surface area contributed by atoms with Gasteiger partial charge in [0.2, 0.25) is 0 Å². The summed E-state index contributed by atoms with van der Waals surface area (Å²) in [4.78, 5) is 14.3. The van der Waals surface area contributed by atoms with Crippen LogP contribution in [0.5, 0.6) is 0 Å². The third-order valence-corrected chi connectivity index (χ3v) is 2.57. The Morgan fingerprint density at radius 3 is 2.37 bits per heavy atom. The van der Waals surface area contributed by atoms with Crippen LogP contribution in [0.25, 0.3) is 0 Å². The first kappa shape index (κ1) is 15.6. The molecule has 1 heterocycles. The fourth-order valence-electron chi connectivity index (χ4n) is 1.92. The van der Waals surface area contributed by atoms with Crippen molar-refractivity contribution in [2.24, 2.45) is 17.6 Å². The van der Waals surface area contributed by atoms with Gasteiger partial charge in [0, 0.05) is 19.6 Å². The number of rotatable bonds is 7. The number of nitrogens with two attached hydrogens (primary N) is 1. The van der Waals surface area contributed by atoms with Crippen LogP contribution >= 0.6 is 0 Å². The zero-order valence-electron chi connectivity index (χ0n) is 12.3. The Bertz CT molecular complexity index is 389. The van der Waals surface area contributed by atoms with E-state index in [1.54, 1.807) is 10.9 Å². The Morgan fingerprint density at radius 2 is 1.89 bits per heavy atom. The lowest BCUT2D eigenvalue weighted by Gasteiger charge is -2.25. The van der Waals surface area contributed by atoms with Crippen LogP contribution in [0.4, 0.5) is 0 Å². The molecule has 6 heteroatoms. The molecule has 1 amide bonds. The molecule has 1 aromatic heterocycles. The number of carbonyl (C=O) groups is 1. The van der Waals surface area contributed by atoms with Gasteiger partial charge >= 0.3 is 0 Å². The first-order valence-corrected chi connectivity index (χ1v) is 6.83. The van der Waals surface area contributed by atoms with E-state index in [2.05, 4.69) is 38.0 Å². The second kappa shape index (κ2) is 7.23. The van der Waals surface area contributed by atoms with Crippen LogP contribution in [0, 0.1) is 11.8 Å². The van der Waals surface area contributed by atoms with Crippen molar-refractivity contribution >= 4 is 5.91 Å². The largest absolute Gasteiger partial charge is 0.337 e. The highest BCUT2D eigenvalue weighted by molar-refractivity contribution is 5.91. The Kier molecular flexibility index (Phi) is 5.95. The number of hydrogen-bond acceptors (Lipinski definition) is 4. The van der Waals surface area contributed by atoms with Gasteiger partial charge in [-0.2, -0.15) is 0 Å². The van der Waals surface area contributed by atoms with Gasteiger partial charge in [-0.15, -0.1) is 5.10 Å². The highest BCUT2D eigenvalue weighted by Gasteiger charge is 2.20. The van der Waals surface area contributed by atoms with Crippen LogP contribution in [-0.4, -0.2) is 45.4 Å². The minimum Gasteiger partial charge on any atom is -0.337 e. The van der Waals surface area contributed by atoms with E-state index in [-0.39, 0.29) is 5.91 Å². The quantitative estimate of drug-likeness (QED) is 0.799. The van der Waals surface area contributed by atoms with Crippen LogP contribution in [0.3, 0.4) is 0 Å². The molecular weight excluding hydrogens is 242 g/mol. The van der Waals surface area contributed by atoms with Crippen molar-refractivity contribution < 1.29 is 4.79 Å². The van der Waals surface area contributed by atoms with E-state index in [0.717, 1.165) is 13.1 Å². The summed E-state index contributed by atoms with van der Waals surface area (Å²) < 4.78 is 1.61. The van der Waals surface area contributed by atoms with E-state index in [1.165, 1.54) is 0 Å². The molecule has 0 atom stereocenters. The van der Waals surface area contributed by atoms with E-state index < -0.39 is 0 Å². The number of amides is 1. The summed E-state index contributed by atoms with van der Waals surface area (Å²) >= 11 is 0. The molecule has 1 rings (SSSR count). The summed E-state index contributed by atoms with van der Waals surface area (Å²) in [5, 5.41) is 7.84. The summed E-state index contributed by atoms with van der Waals surface area (Å²) in [5.74, 6) is 0.814. The SMILES string of the molecule is CC(C)CN(CC(C)C)C(=O)c1cn(CCN)nn1. The number of aromatic nitrogens is 3. The first-order valence-electron chi connectivity index (χ1n) is 6.83. The maximum atomic E-state index is 12.4. The number of hydrogen-bond donors (Lipinski definition) is 1. The van der Waals surface area contributed by atoms with Gasteiger partial charge < -0.3 is 10.6 Å². The highest BCUT2D eigenvalue weighted by atomic mass is 16.2. The van der Waals surface area contributed by atoms with E-state index in [9.17, 15) is 4.79 Å². The molecule has 0 aliphatic rings. The van der Waals surface area contributed by atoms with E-state index >= 15 is 0 Å². The molecule has 2 N–H and O–H groups in total. The van der Waals surface area contributed by atoms with Gasteiger partial charge in [0.15, 0.2) is 5.69 Å². The van der Waals surface area contributed by atoms with Crippen molar-refractivity contribution in [1.29, 1.82) is 0 Å². The monoisotopic (exact) mass is 267 g/mol. The van der Waals surface area contributed by atoms with Crippen molar-refractivity contribution in [3.8, 4) is 0 Å². The molecule has 108 valence electrons. The van der Waals surface area contributed by atoms with Crippen LogP contribution in [0.1, 0.15) is 38.2 Å². The fraction of sp³-hybridized carbons (Fsp3) is 0.769. The topological polar surface area (TPSA) is 77.0 Å². The average molecular weight is 267 g/mol. The Balaban J connectivity index is 2.78. The van der Waals surface area contributed by atoms with Crippen molar-refractivity contribution in [2.75, 3.05) is 19.6 Å². The lowest BCUT2D eigenvalue weighted by atomic mass is 10.1. The minimum absolute atomic E-state index is 0.0503. The maximum absolute atomic E-state index is 12.4. The van der Waals surface area contributed by atoms with Crippen LogP contribution < -0.4 is 5.73 Å². The Labute approximate surface area is 115 Å².